The van der Waals surface area contributed by atoms with E-state index in [1.54, 1.807) is 0 Å². The minimum atomic E-state index is 0.300. The summed E-state index contributed by atoms with van der Waals surface area (Å²) in [6.45, 7) is 9.59. The summed E-state index contributed by atoms with van der Waals surface area (Å²) >= 11 is 0. The lowest BCUT2D eigenvalue weighted by atomic mass is 10.1. The quantitative estimate of drug-likeness (QED) is 0.821. The molecular weight excluding hydrogens is 314 g/mol. The zero-order chi connectivity index (χ0) is 17.6. The summed E-state index contributed by atoms with van der Waals surface area (Å²) in [5, 5.41) is 0. The molecule has 0 radical (unpaired) electrons. The van der Waals surface area contributed by atoms with E-state index in [2.05, 4.69) is 27.8 Å². The Morgan fingerprint density at radius 2 is 1.72 bits per heavy atom. The Bertz CT molecular complexity index is 577. The van der Waals surface area contributed by atoms with Crippen LogP contribution in [-0.4, -0.2) is 60.0 Å². The molecular formula is C19H31N5O. The van der Waals surface area contributed by atoms with Crippen LogP contribution in [-0.2, 0) is 4.79 Å². The topological polar surface area (TPSA) is 52.6 Å². The van der Waals surface area contributed by atoms with Crippen LogP contribution in [0.4, 0.5) is 11.8 Å². The Morgan fingerprint density at radius 3 is 2.40 bits per heavy atom. The number of carbonyl (C=O) groups is 1. The number of rotatable bonds is 5. The van der Waals surface area contributed by atoms with Crippen molar-refractivity contribution in [3.05, 3.63) is 11.8 Å². The van der Waals surface area contributed by atoms with Crippen LogP contribution < -0.4 is 9.80 Å². The van der Waals surface area contributed by atoms with E-state index in [9.17, 15) is 4.79 Å². The summed E-state index contributed by atoms with van der Waals surface area (Å²) in [5.74, 6) is 2.18. The molecule has 0 unspecified atom stereocenters. The van der Waals surface area contributed by atoms with Crippen molar-refractivity contribution in [2.45, 2.75) is 52.4 Å². The number of aromatic nitrogens is 2. The first-order valence-corrected chi connectivity index (χ1v) is 9.80. The van der Waals surface area contributed by atoms with Crippen molar-refractivity contribution in [1.29, 1.82) is 0 Å². The number of anilines is 2. The van der Waals surface area contributed by atoms with Gasteiger partial charge in [-0.3, -0.25) is 4.79 Å². The van der Waals surface area contributed by atoms with Gasteiger partial charge in [0.15, 0.2) is 0 Å². The molecule has 0 saturated carbocycles. The predicted molar refractivity (Wildman–Crippen MR) is 101 cm³/mol. The van der Waals surface area contributed by atoms with Gasteiger partial charge in [-0.1, -0.05) is 13.3 Å². The van der Waals surface area contributed by atoms with Crippen molar-refractivity contribution in [1.82, 2.24) is 14.9 Å². The highest BCUT2D eigenvalue weighted by molar-refractivity contribution is 5.76. The van der Waals surface area contributed by atoms with Gasteiger partial charge in [0, 0.05) is 57.4 Å². The van der Waals surface area contributed by atoms with Crippen molar-refractivity contribution in [2.24, 2.45) is 0 Å². The summed E-state index contributed by atoms with van der Waals surface area (Å²) in [4.78, 5) is 28.3. The van der Waals surface area contributed by atoms with Crippen LogP contribution in [0.25, 0.3) is 0 Å². The van der Waals surface area contributed by atoms with E-state index in [0.29, 0.717) is 12.3 Å². The number of amides is 1. The number of carbonyl (C=O) groups excluding carboxylic acids is 1. The number of hydrogen-bond acceptors (Lipinski definition) is 5. The summed E-state index contributed by atoms with van der Waals surface area (Å²) in [7, 11) is 0. The van der Waals surface area contributed by atoms with E-state index in [0.717, 1.165) is 69.6 Å². The molecule has 3 rings (SSSR count). The van der Waals surface area contributed by atoms with Crippen molar-refractivity contribution in [2.75, 3.05) is 49.1 Å². The molecule has 1 aromatic rings. The minimum absolute atomic E-state index is 0.300. The van der Waals surface area contributed by atoms with Crippen molar-refractivity contribution >= 4 is 17.7 Å². The maximum atomic E-state index is 12.2. The summed E-state index contributed by atoms with van der Waals surface area (Å²) in [5.41, 5.74) is 1.02. The number of nitrogens with zero attached hydrogens (tertiary/aromatic N) is 5. The Balaban J connectivity index is 1.63. The van der Waals surface area contributed by atoms with Crippen molar-refractivity contribution in [3.63, 3.8) is 0 Å². The molecule has 6 heteroatoms. The van der Waals surface area contributed by atoms with Crippen LogP contribution in [0, 0.1) is 6.92 Å². The summed E-state index contributed by atoms with van der Waals surface area (Å²) in [6.07, 6.45) is 6.51. The van der Waals surface area contributed by atoms with Gasteiger partial charge in [-0.25, -0.2) is 4.98 Å². The van der Waals surface area contributed by atoms with E-state index in [-0.39, 0.29) is 0 Å². The van der Waals surface area contributed by atoms with Gasteiger partial charge in [0.25, 0.3) is 0 Å². The summed E-state index contributed by atoms with van der Waals surface area (Å²) in [6, 6.07) is 2.07. The highest BCUT2D eigenvalue weighted by atomic mass is 16.2. The first-order valence-electron chi connectivity index (χ1n) is 9.80. The van der Waals surface area contributed by atoms with Gasteiger partial charge in [-0.05, 0) is 32.6 Å². The molecule has 0 spiro atoms. The third-order valence-corrected chi connectivity index (χ3v) is 5.17. The first kappa shape index (κ1) is 18.0. The van der Waals surface area contributed by atoms with Gasteiger partial charge in [-0.2, -0.15) is 4.98 Å². The molecule has 2 aliphatic rings. The Labute approximate surface area is 151 Å². The molecule has 138 valence electrons. The number of hydrogen-bond donors (Lipinski definition) is 0. The van der Waals surface area contributed by atoms with Gasteiger partial charge >= 0.3 is 0 Å². The normalized spacial score (nSPS) is 18.6. The number of piperazine rings is 1. The van der Waals surface area contributed by atoms with Crippen LogP contribution in [0.1, 0.15) is 51.1 Å². The van der Waals surface area contributed by atoms with Gasteiger partial charge in [-0.15, -0.1) is 0 Å². The lowest BCUT2D eigenvalue weighted by molar-refractivity contribution is -0.131. The predicted octanol–water partition coefficient (Wildman–Crippen LogP) is 2.61. The minimum Gasteiger partial charge on any atom is -0.353 e. The third kappa shape index (κ3) is 4.61. The molecule has 2 fully saturated rings. The zero-order valence-electron chi connectivity index (χ0n) is 15.7. The standard InChI is InChI=1S/C19H31N5O/c1-3-4-8-18(25)23-13-11-22(12-14-23)17-15-16(2)20-19(21-17)24-9-6-5-7-10-24/h15H,3-14H2,1-2H3. The van der Waals surface area contributed by atoms with Gasteiger partial charge < -0.3 is 14.7 Å². The average Bonchev–Trinajstić information content (AvgIpc) is 2.66. The molecule has 25 heavy (non-hydrogen) atoms. The van der Waals surface area contributed by atoms with E-state index in [1.165, 1.54) is 19.3 Å². The Hall–Kier alpha value is -1.85. The maximum Gasteiger partial charge on any atom is 0.227 e. The lowest BCUT2D eigenvalue weighted by Gasteiger charge is -2.36. The molecule has 2 aliphatic heterocycles. The van der Waals surface area contributed by atoms with E-state index >= 15 is 0 Å². The SMILES string of the molecule is CCCCC(=O)N1CCN(c2cc(C)nc(N3CCCCC3)n2)CC1. The Morgan fingerprint density at radius 1 is 1.00 bits per heavy atom. The monoisotopic (exact) mass is 345 g/mol. The average molecular weight is 345 g/mol. The largest absolute Gasteiger partial charge is 0.353 e. The molecule has 1 amide bonds. The molecule has 0 atom stereocenters. The molecule has 6 nitrogen and oxygen atoms in total. The second-order valence-corrected chi connectivity index (χ2v) is 7.19. The smallest absolute Gasteiger partial charge is 0.227 e. The molecule has 0 aliphatic carbocycles. The van der Waals surface area contributed by atoms with Crippen molar-refractivity contribution in [3.8, 4) is 0 Å². The van der Waals surface area contributed by atoms with Crippen LogP contribution in [0.2, 0.25) is 0 Å². The highest BCUT2D eigenvalue weighted by Crippen LogP contribution is 2.21. The summed E-state index contributed by atoms with van der Waals surface area (Å²) < 4.78 is 0. The number of unbranched alkanes of at least 4 members (excludes halogenated alkanes) is 1. The van der Waals surface area contributed by atoms with Crippen LogP contribution in [0.5, 0.6) is 0 Å². The Kier molecular flexibility index (Phi) is 6.10. The van der Waals surface area contributed by atoms with Crippen LogP contribution in [0.15, 0.2) is 6.07 Å². The zero-order valence-corrected chi connectivity index (χ0v) is 15.7. The lowest BCUT2D eigenvalue weighted by Crippen LogP contribution is -2.49. The number of piperidine rings is 1. The second-order valence-electron chi connectivity index (χ2n) is 7.19. The molecule has 3 heterocycles. The molecule has 0 bridgehead atoms. The molecule has 0 N–H and O–H groups in total. The fraction of sp³-hybridized carbons (Fsp3) is 0.737. The van der Waals surface area contributed by atoms with Gasteiger partial charge in [0.05, 0.1) is 0 Å². The van der Waals surface area contributed by atoms with E-state index in [1.807, 2.05) is 11.8 Å². The molecule has 0 aromatic carbocycles. The van der Waals surface area contributed by atoms with Gasteiger partial charge in [0.2, 0.25) is 11.9 Å². The fourth-order valence-electron chi connectivity index (χ4n) is 3.60. The fourth-order valence-corrected chi connectivity index (χ4v) is 3.60. The first-order chi connectivity index (χ1) is 12.2. The molecule has 2 saturated heterocycles. The highest BCUT2D eigenvalue weighted by Gasteiger charge is 2.23. The van der Waals surface area contributed by atoms with Crippen molar-refractivity contribution < 1.29 is 4.79 Å². The number of aryl methyl sites for hydroxylation is 1. The van der Waals surface area contributed by atoms with Gasteiger partial charge in [0.1, 0.15) is 5.82 Å². The third-order valence-electron chi connectivity index (χ3n) is 5.17. The van der Waals surface area contributed by atoms with Crippen LogP contribution in [0.3, 0.4) is 0 Å². The van der Waals surface area contributed by atoms with E-state index < -0.39 is 0 Å². The second kappa shape index (κ2) is 8.50. The van der Waals surface area contributed by atoms with E-state index in [4.69, 9.17) is 4.98 Å². The van der Waals surface area contributed by atoms with Crippen LogP contribution >= 0.6 is 0 Å². The maximum absolute atomic E-state index is 12.2. The molecule has 1 aromatic heterocycles.